The van der Waals surface area contributed by atoms with Crippen molar-refractivity contribution in [1.82, 2.24) is 10.2 Å². The lowest BCUT2D eigenvalue weighted by molar-refractivity contribution is 0.0728. The number of esters is 1. The van der Waals surface area contributed by atoms with Crippen LogP contribution in [0.3, 0.4) is 0 Å². The van der Waals surface area contributed by atoms with Crippen molar-refractivity contribution in [3.05, 3.63) is 76.4 Å². The van der Waals surface area contributed by atoms with E-state index in [-0.39, 0.29) is 16.8 Å². The summed E-state index contributed by atoms with van der Waals surface area (Å²) in [6, 6.07) is 16.6. The molecule has 0 unspecified atom stereocenters. The number of para-hydroxylation sites is 1. The summed E-state index contributed by atoms with van der Waals surface area (Å²) in [5, 5.41) is 8.04. The summed E-state index contributed by atoms with van der Waals surface area (Å²) in [4.78, 5) is 12.7. The van der Waals surface area contributed by atoms with Crippen molar-refractivity contribution >= 4 is 17.6 Å². The number of hydrogen-bond donors (Lipinski definition) is 0. The molecule has 4 rings (SSSR count). The van der Waals surface area contributed by atoms with E-state index in [1.807, 2.05) is 37.3 Å². The molecule has 30 heavy (non-hydrogen) atoms. The quantitative estimate of drug-likeness (QED) is 0.439. The van der Waals surface area contributed by atoms with Crippen molar-refractivity contribution in [1.29, 1.82) is 0 Å². The van der Waals surface area contributed by atoms with E-state index in [1.54, 1.807) is 12.1 Å². The standard InChI is InChI=1S/C24H23ClN2O3/c1-16-9-5-6-12-18(16)24(28)30-21-15-22(25)26-27-23(21)29-20-14-8-7-13-19(20)17-10-3-2-4-11-17/h5-9,12-15,17H,2-4,10-11H2,1H3. The van der Waals surface area contributed by atoms with Gasteiger partial charge in [-0.05, 0) is 48.9 Å². The molecule has 0 saturated heterocycles. The summed E-state index contributed by atoms with van der Waals surface area (Å²) in [6.07, 6.45) is 6.00. The van der Waals surface area contributed by atoms with Gasteiger partial charge in [0.15, 0.2) is 10.9 Å². The zero-order chi connectivity index (χ0) is 20.9. The second kappa shape index (κ2) is 9.26. The SMILES string of the molecule is Cc1ccccc1C(=O)Oc1cc(Cl)nnc1Oc1ccccc1C1CCCCC1. The van der Waals surface area contributed by atoms with Gasteiger partial charge in [-0.3, -0.25) is 0 Å². The molecule has 1 heterocycles. The Hall–Kier alpha value is -2.92. The Labute approximate surface area is 181 Å². The van der Waals surface area contributed by atoms with Gasteiger partial charge < -0.3 is 9.47 Å². The first-order valence-electron chi connectivity index (χ1n) is 10.2. The third-order valence-electron chi connectivity index (χ3n) is 5.44. The van der Waals surface area contributed by atoms with Gasteiger partial charge in [-0.1, -0.05) is 67.3 Å². The maximum absolute atomic E-state index is 12.7. The second-order valence-corrected chi connectivity index (χ2v) is 7.90. The van der Waals surface area contributed by atoms with Gasteiger partial charge in [0.1, 0.15) is 5.75 Å². The molecule has 154 valence electrons. The summed E-state index contributed by atoms with van der Waals surface area (Å²) in [7, 11) is 0. The Morgan fingerprint density at radius 2 is 1.70 bits per heavy atom. The first kappa shape index (κ1) is 20.4. The van der Waals surface area contributed by atoms with E-state index in [0.717, 1.165) is 24.0 Å². The molecular formula is C24H23ClN2O3. The van der Waals surface area contributed by atoms with Crippen molar-refractivity contribution in [2.24, 2.45) is 0 Å². The smallest absolute Gasteiger partial charge is 0.343 e. The van der Waals surface area contributed by atoms with Gasteiger partial charge in [-0.25, -0.2) is 4.79 Å². The molecule has 0 radical (unpaired) electrons. The zero-order valence-electron chi connectivity index (χ0n) is 16.8. The number of nitrogens with zero attached hydrogens (tertiary/aromatic N) is 2. The Balaban J connectivity index is 1.62. The van der Waals surface area contributed by atoms with Gasteiger partial charge in [0.25, 0.3) is 5.88 Å². The fraction of sp³-hybridized carbons (Fsp3) is 0.292. The Kier molecular flexibility index (Phi) is 6.29. The van der Waals surface area contributed by atoms with E-state index in [9.17, 15) is 4.79 Å². The minimum Gasteiger partial charge on any atom is -0.435 e. The van der Waals surface area contributed by atoms with Crippen molar-refractivity contribution in [3.8, 4) is 17.4 Å². The Morgan fingerprint density at radius 3 is 2.50 bits per heavy atom. The number of rotatable bonds is 5. The summed E-state index contributed by atoms with van der Waals surface area (Å²) in [6.45, 7) is 1.85. The molecule has 3 aromatic rings. The van der Waals surface area contributed by atoms with Crippen molar-refractivity contribution in [3.63, 3.8) is 0 Å². The normalized spacial score (nSPS) is 14.3. The highest BCUT2D eigenvalue weighted by molar-refractivity contribution is 6.29. The first-order valence-corrected chi connectivity index (χ1v) is 10.6. The monoisotopic (exact) mass is 422 g/mol. The third-order valence-corrected chi connectivity index (χ3v) is 5.62. The highest BCUT2D eigenvalue weighted by atomic mass is 35.5. The molecule has 6 heteroatoms. The lowest BCUT2D eigenvalue weighted by Crippen LogP contribution is -2.12. The Morgan fingerprint density at radius 1 is 0.967 bits per heavy atom. The maximum Gasteiger partial charge on any atom is 0.343 e. The van der Waals surface area contributed by atoms with Gasteiger partial charge in [0, 0.05) is 6.07 Å². The van der Waals surface area contributed by atoms with Crippen LogP contribution in [0.15, 0.2) is 54.6 Å². The van der Waals surface area contributed by atoms with E-state index in [0.29, 0.717) is 17.2 Å². The number of aryl methyl sites for hydroxylation is 1. The first-order chi connectivity index (χ1) is 14.6. The van der Waals surface area contributed by atoms with Crippen molar-refractivity contribution in [2.75, 3.05) is 0 Å². The molecule has 0 bridgehead atoms. The second-order valence-electron chi connectivity index (χ2n) is 7.52. The minimum atomic E-state index is -0.498. The topological polar surface area (TPSA) is 61.3 Å². The van der Waals surface area contributed by atoms with E-state index in [1.165, 1.54) is 25.3 Å². The average Bonchev–Trinajstić information content (AvgIpc) is 2.77. The number of halogens is 1. The van der Waals surface area contributed by atoms with Crippen LogP contribution in [-0.2, 0) is 0 Å². The average molecular weight is 423 g/mol. The van der Waals surface area contributed by atoms with Gasteiger partial charge in [0.2, 0.25) is 0 Å². The number of ether oxygens (including phenoxy) is 2. The molecular weight excluding hydrogens is 400 g/mol. The molecule has 5 nitrogen and oxygen atoms in total. The van der Waals surface area contributed by atoms with Gasteiger partial charge in [0.05, 0.1) is 5.56 Å². The molecule has 1 aliphatic carbocycles. The molecule has 1 aliphatic rings. The molecule has 1 saturated carbocycles. The van der Waals surface area contributed by atoms with Gasteiger partial charge in [-0.2, -0.15) is 0 Å². The predicted octanol–water partition coefficient (Wildman–Crippen LogP) is 6.50. The van der Waals surface area contributed by atoms with Gasteiger partial charge in [-0.15, -0.1) is 10.2 Å². The van der Waals surface area contributed by atoms with Crippen molar-refractivity contribution in [2.45, 2.75) is 44.9 Å². The third kappa shape index (κ3) is 4.62. The highest BCUT2D eigenvalue weighted by Crippen LogP contribution is 2.40. The largest absolute Gasteiger partial charge is 0.435 e. The maximum atomic E-state index is 12.7. The predicted molar refractivity (Wildman–Crippen MR) is 116 cm³/mol. The number of aromatic nitrogens is 2. The van der Waals surface area contributed by atoms with Crippen LogP contribution in [0.25, 0.3) is 0 Å². The van der Waals surface area contributed by atoms with Crippen LogP contribution in [0.5, 0.6) is 17.4 Å². The summed E-state index contributed by atoms with van der Waals surface area (Å²) >= 11 is 6.01. The molecule has 0 N–H and O–H groups in total. The summed E-state index contributed by atoms with van der Waals surface area (Å²) < 4.78 is 11.7. The van der Waals surface area contributed by atoms with Crippen LogP contribution in [0.1, 0.15) is 59.5 Å². The van der Waals surface area contributed by atoms with Crippen LogP contribution in [0, 0.1) is 6.92 Å². The van der Waals surface area contributed by atoms with Crippen LogP contribution in [-0.4, -0.2) is 16.2 Å². The zero-order valence-corrected chi connectivity index (χ0v) is 17.6. The van der Waals surface area contributed by atoms with E-state index < -0.39 is 5.97 Å². The minimum absolute atomic E-state index is 0.115. The molecule has 1 aromatic heterocycles. The fourth-order valence-electron chi connectivity index (χ4n) is 3.87. The summed E-state index contributed by atoms with van der Waals surface area (Å²) in [5.74, 6) is 0.913. The highest BCUT2D eigenvalue weighted by Gasteiger charge is 2.22. The summed E-state index contributed by atoms with van der Waals surface area (Å²) in [5.41, 5.74) is 2.44. The van der Waals surface area contributed by atoms with Crippen LogP contribution < -0.4 is 9.47 Å². The fourth-order valence-corrected chi connectivity index (χ4v) is 4.01. The molecule has 1 fully saturated rings. The Bertz CT molecular complexity index is 1050. The van der Waals surface area contributed by atoms with E-state index in [4.69, 9.17) is 21.1 Å². The number of carbonyl (C=O) groups excluding carboxylic acids is 1. The van der Waals surface area contributed by atoms with Gasteiger partial charge >= 0.3 is 5.97 Å². The molecule has 0 atom stereocenters. The number of carbonyl (C=O) groups is 1. The van der Waals surface area contributed by atoms with Crippen LogP contribution in [0.4, 0.5) is 0 Å². The number of benzene rings is 2. The van der Waals surface area contributed by atoms with E-state index >= 15 is 0 Å². The molecule has 0 spiro atoms. The molecule has 0 amide bonds. The van der Waals surface area contributed by atoms with Crippen molar-refractivity contribution < 1.29 is 14.3 Å². The van der Waals surface area contributed by atoms with Crippen LogP contribution >= 0.6 is 11.6 Å². The lowest BCUT2D eigenvalue weighted by Gasteiger charge is -2.24. The molecule has 0 aliphatic heterocycles. The number of hydrogen-bond acceptors (Lipinski definition) is 5. The van der Waals surface area contributed by atoms with E-state index in [2.05, 4.69) is 16.3 Å². The molecule has 2 aromatic carbocycles. The lowest BCUT2D eigenvalue weighted by atomic mass is 9.84. The van der Waals surface area contributed by atoms with Crippen LogP contribution in [0.2, 0.25) is 5.15 Å².